The number of rotatable bonds is 5. The largest absolute Gasteiger partial charge is 0.487 e. The minimum atomic E-state index is -0.421. The van der Waals surface area contributed by atoms with Crippen LogP contribution in [0, 0.1) is 0 Å². The zero-order chi connectivity index (χ0) is 17.1. The molecule has 3 rings (SSSR count). The molecule has 0 saturated carbocycles. The van der Waals surface area contributed by atoms with Crippen molar-refractivity contribution < 1.29 is 14.3 Å². The molecule has 0 aliphatic heterocycles. The van der Waals surface area contributed by atoms with Crippen LogP contribution in [0.25, 0.3) is 11.1 Å². The minimum Gasteiger partial charge on any atom is -0.487 e. The van der Waals surface area contributed by atoms with E-state index < -0.39 is 5.97 Å². The molecular weight excluding hydrogens is 304 g/mol. The molecule has 0 bridgehead atoms. The van der Waals surface area contributed by atoms with E-state index in [1.165, 1.54) is 13.3 Å². The fourth-order valence-electron chi connectivity index (χ4n) is 2.54. The Morgan fingerprint density at radius 3 is 2.62 bits per heavy atom. The van der Waals surface area contributed by atoms with E-state index in [0.717, 1.165) is 16.8 Å². The van der Waals surface area contributed by atoms with Gasteiger partial charge < -0.3 is 9.47 Å². The lowest BCUT2D eigenvalue weighted by Gasteiger charge is -2.13. The summed E-state index contributed by atoms with van der Waals surface area (Å²) in [5.41, 5.74) is 3.67. The number of aromatic nitrogens is 2. The predicted octanol–water partition coefficient (Wildman–Crippen LogP) is 3.73. The van der Waals surface area contributed by atoms with Crippen molar-refractivity contribution in [1.82, 2.24) is 9.61 Å². The van der Waals surface area contributed by atoms with Crippen LogP contribution in [0.5, 0.6) is 5.75 Å². The standard InChI is InChI=1S/C19H18N2O3/c1-13(2)18-17(24-12-14-7-5-4-6-8-14)10-9-16-15(19(22)23-3)11-20-21(16)18/h4-11H,1,12H2,2-3H3. The lowest BCUT2D eigenvalue weighted by Crippen LogP contribution is -2.05. The number of hydrogen-bond acceptors (Lipinski definition) is 4. The van der Waals surface area contributed by atoms with Crippen molar-refractivity contribution >= 4 is 17.1 Å². The second-order valence-corrected chi connectivity index (χ2v) is 5.45. The van der Waals surface area contributed by atoms with Gasteiger partial charge in [-0.1, -0.05) is 36.9 Å². The lowest BCUT2D eigenvalue weighted by molar-refractivity contribution is 0.0603. The molecule has 5 nitrogen and oxygen atoms in total. The second kappa shape index (κ2) is 6.58. The Morgan fingerprint density at radius 1 is 1.21 bits per heavy atom. The molecule has 0 unspecified atom stereocenters. The zero-order valence-corrected chi connectivity index (χ0v) is 13.7. The normalized spacial score (nSPS) is 10.6. The maximum Gasteiger partial charge on any atom is 0.341 e. The molecule has 5 heteroatoms. The molecular formula is C19H18N2O3. The minimum absolute atomic E-state index is 0.412. The lowest BCUT2D eigenvalue weighted by atomic mass is 10.1. The monoisotopic (exact) mass is 322 g/mol. The number of nitrogens with zero attached hydrogens (tertiary/aromatic N) is 2. The summed E-state index contributed by atoms with van der Waals surface area (Å²) in [5.74, 6) is 0.244. The van der Waals surface area contributed by atoms with E-state index >= 15 is 0 Å². The maximum absolute atomic E-state index is 11.8. The Balaban J connectivity index is 2.01. The van der Waals surface area contributed by atoms with Gasteiger partial charge in [0.15, 0.2) is 0 Å². The highest BCUT2D eigenvalue weighted by Crippen LogP contribution is 2.28. The van der Waals surface area contributed by atoms with Gasteiger partial charge in [-0.25, -0.2) is 9.31 Å². The number of carbonyl (C=O) groups excluding carboxylic acids is 1. The Hall–Kier alpha value is -3.08. The van der Waals surface area contributed by atoms with Gasteiger partial charge >= 0.3 is 5.97 Å². The Morgan fingerprint density at radius 2 is 1.96 bits per heavy atom. The molecule has 2 heterocycles. The average Bonchev–Trinajstić information content (AvgIpc) is 3.03. The molecule has 122 valence electrons. The van der Waals surface area contributed by atoms with E-state index in [2.05, 4.69) is 11.7 Å². The van der Waals surface area contributed by atoms with Crippen molar-refractivity contribution in [2.45, 2.75) is 13.5 Å². The summed E-state index contributed by atoms with van der Waals surface area (Å²) < 4.78 is 12.4. The average molecular weight is 322 g/mol. The summed E-state index contributed by atoms with van der Waals surface area (Å²) in [7, 11) is 1.35. The molecule has 3 aromatic rings. The van der Waals surface area contributed by atoms with Gasteiger partial charge in [0.2, 0.25) is 0 Å². The first kappa shape index (κ1) is 15.8. The fourth-order valence-corrected chi connectivity index (χ4v) is 2.54. The number of allylic oxidation sites excluding steroid dienone is 1. The Bertz CT molecular complexity index is 898. The smallest absolute Gasteiger partial charge is 0.341 e. The van der Waals surface area contributed by atoms with Crippen LogP contribution in [0.1, 0.15) is 28.5 Å². The highest BCUT2D eigenvalue weighted by atomic mass is 16.5. The van der Waals surface area contributed by atoms with Gasteiger partial charge in [-0.15, -0.1) is 0 Å². The van der Waals surface area contributed by atoms with Crippen molar-refractivity contribution in [3.05, 3.63) is 72.1 Å². The van der Waals surface area contributed by atoms with Crippen molar-refractivity contribution in [3.63, 3.8) is 0 Å². The first-order valence-electron chi connectivity index (χ1n) is 7.53. The van der Waals surface area contributed by atoms with Crippen molar-refractivity contribution in [1.29, 1.82) is 0 Å². The van der Waals surface area contributed by atoms with Crippen LogP contribution in [-0.2, 0) is 11.3 Å². The van der Waals surface area contributed by atoms with Crippen molar-refractivity contribution in [3.8, 4) is 5.75 Å². The Labute approximate surface area is 140 Å². The number of benzene rings is 1. The molecule has 0 atom stereocenters. The number of hydrogen-bond donors (Lipinski definition) is 0. The second-order valence-electron chi connectivity index (χ2n) is 5.45. The molecule has 0 spiro atoms. The third-order valence-corrected chi connectivity index (χ3v) is 3.69. The summed E-state index contributed by atoms with van der Waals surface area (Å²) in [6.45, 7) is 6.33. The van der Waals surface area contributed by atoms with Crippen LogP contribution < -0.4 is 4.74 Å². The first-order valence-corrected chi connectivity index (χ1v) is 7.53. The van der Waals surface area contributed by atoms with Gasteiger partial charge in [-0.2, -0.15) is 5.10 Å². The number of carbonyl (C=O) groups is 1. The van der Waals surface area contributed by atoms with Crippen LogP contribution in [-0.4, -0.2) is 22.7 Å². The number of esters is 1. The topological polar surface area (TPSA) is 52.8 Å². The molecule has 0 N–H and O–H groups in total. The van der Waals surface area contributed by atoms with Gasteiger partial charge in [0.1, 0.15) is 23.6 Å². The van der Waals surface area contributed by atoms with E-state index in [-0.39, 0.29) is 0 Å². The third kappa shape index (κ3) is 2.88. The summed E-state index contributed by atoms with van der Waals surface area (Å²) >= 11 is 0. The number of methoxy groups -OCH3 is 1. The van der Waals surface area contributed by atoms with Gasteiger partial charge in [0, 0.05) is 0 Å². The van der Waals surface area contributed by atoms with Crippen LogP contribution >= 0.6 is 0 Å². The summed E-state index contributed by atoms with van der Waals surface area (Å²) in [6.07, 6.45) is 1.49. The van der Waals surface area contributed by atoms with E-state index in [9.17, 15) is 4.79 Å². The summed E-state index contributed by atoms with van der Waals surface area (Å²) in [6, 6.07) is 13.5. The zero-order valence-electron chi connectivity index (χ0n) is 13.7. The van der Waals surface area contributed by atoms with Crippen LogP contribution in [0.2, 0.25) is 0 Å². The van der Waals surface area contributed by atoms with Crippen LogP contribution in [0.4, 0.5) is 0 Å². The number of pyridine rings is 1. The van der Waals surface area contributed by atoms with E-state index in [1.807, 2.05) is 43.3 Å². The van der Waals surface area contributed by atoms with E-state index in [0.29, 0.717) is 23.4 Å². The highest BCUT2D eigenvalue weighted by Gasteiger charge is 2.18. The van der Waals surface area contributed by atoms with Gasteiger partial charge in [-0.3, -0.25) is 0 Å². The molecule has 2 aromatic heterocycles. The molecule has 0 amide bonds. The van der Waals surface area contributed by atoms with Gasteiger partial charge in [0.25, 0.3) is 0 Å². The van der Waals surface area contributed by atoms with Crippen molar-refractivity contribution in [2.24, 2.45) is 0 Å². The quantitative estimate of drug-likeness (QED) is 0.672. The molecule has 1 aromatic carbocycles. The first-order chi connectivity index (χ1) is 11.6. The molecule has 0 aliphatic carbocycles. The summed E-state index contributed by atoms with van der Waals surface area (Å²) in [4.78, 5) is 11.8. The van der Waals surface area contributed by atoms with Crippen LogP contribution in [0.3, 0.4) is 0 Å². The maximum atomic E-state index is 11.8. The van der Waals surface area contributed by atoms with E-state index in [1.54, 1.807) is 10.6 Å². The molecule has 0 aliphatic rings. The van der Waals surface area contributed by atoms with E-state index in [4.69, 9.17) is 9.47 Å². The number of fused-ring (bicyclic) bond motifs is 1. The summed E-state index contributed by atoms with van der Waals surface area (Å²) in [5, 5.41) is 4.30. The molecule has 24 heavy (non-hydrogen) atoms. The van der Waals surface area contributed by atoms with Gasteiger partial charge in [-0.05, 0) is 30.2 Å². The highest BCUT2D eigenvalue weighted by molar-refractivity contribution is 5.97. The van der Waals surface area contributed by atoms with Crippen molar-refractivity contribution in [2.75, 3.05) is 7.11 Å². The Kier molecular flexibility index (Phi) is 4.33. The fraction of sp³-hybridized carbons (Fsp3) is 0.158. The molecule has 0 saturated heterocycles. The number of ether oxygens (including phenoxy) is 2. The third-order valence-electron chi connectivity index (χ3n) is 3.69. The van der Waals surface area contributed by atoms with Gasteiger partial charge in [0.05, 0.1) is 18.8 Å². The van der Waals surface area contributed by atoms with Crippen LogP contribution in [0.15, 0.2) is 55.2 Å². The SMILES string of the molecule is C=C(C)c1c(OCc2ccccc2)ccc2c(C(=O)OC)cnn12. The molecule has 0 fully saturated rings. The predicted molar refractivity (Wildman–Crippen MR) is 92.0 cm³/mol. The molecule has 0 radical (unpaired) electrons.